The molecule has 2 fully saturated rings. The highest BCUT2D eigenvalue weighted by molar-refractivity contribution is 5.68. The zero-order valence-electron chi connectivity index (χ0n) is 7.80. The Balaban J connectivity index is 1.97. The van der Waals surface area contributed by atoms with E-state index in [1.165, 1.54) is 17.5 Å². The van der Waals surface area contributed by atoms with Crippen molar-refractivity contribution >= 4 is 0 Å². The van der Waals surface area contributed by atoms with E-state index in [2.05, 4.69) is 23.5 Å². The van der Waals surface area contributed by atoms with Crippen LogP contribution in [0.1, 0.15) is 23.1 Å². The smallest absolute Gasteiger partial charge is 0.0991 e. The van der Waals surface area contributed by atoms with Crippen molar-refractivity contribution in [3.8, 4) is 6.07 Å². The van der Waals surface area contributed by atoms with E-state index in [1.807, 2.05) is 6.07 Å². The first-order chi connectivity index (χ1) is 6.82. The molecule has 0 spiro atoms. The first-order valence-electron chi connectivity index (χ1n) is 5.08. The molecule has 14 heavy (non-hydrogen) atoms. The van der Waals surface area contributed by atoms with Gasteiger partial charge in [0.25, 0.3) is 0 Å². The third kappa shape index (κ3) is 0.458. The number of nitriles is 1. The molecule has 1 saturated carbocycles. The first kappa shape index (κ1) is 7.03. The van der Waals surface area contributed by atoms with E-state index in [0.717, 1.165) is 18.7 Å². The Morgan fingerprint density at radius 1 is 1.21 bits per heavy atom. The Kier molecular flexibility index (Phi) is 0.871. The number of nitrogens with zero attached hydrogens (tertiary/aromatic N) is 1. The van der Waals surface area contributed by atoms with Gasteiger partial charge < -0.3 is 5.32 Å². The Labute approximate surface area is 82.5 Å². The number of rotatable bonds is 0. The Morgan fingerprint density at radius 2 is 2.00 bits per heavy atom. The molecule has 2 aliphatic carbocycles. The minimum atomic E-state index is 0.440. The fourth-order valence-corrected chi connectivity index (χ4v) is 3.68. The average Bonchev–Trinajstić information content (AvgIpc) is 2.69. The summed E-state index contributed by atoms with van der Waals surface area (Å²) in [7, 11) is 0. The van der Waals surface area contributed by atoms with Gasteiger partial charge in [-0.15, -0.1) is 0 Å². The molecular formula is C12H10N2. The molecule has 0 bridgehead atoms. The van der Waals surface area contributed by atoms with Crippen molar-refractivity contribution in [1.82, 2.24) is 5.32 Å². The minimum absolute atomic E-state index is 0.440. The molecule has 2 heteroatoms. The van der Waals surface area contributed by atoms with E-state index >= 15 is 0 Å². The molecule has 2 nitrogen and oxygen atoms in total. The fourth-order valence-electron chi connectivity index (χ4n) is 3.68. The monoisotopic (exact) mass is 182 g/mol. The van der Waals surface area contributed by atoms with Gasteiger partial charge >= 0.3 is 0 Å². The maximum Gasteiger partial charge on any atom is 0.0991 e. The highest BCUT2D eigenvalue weighted by Gasteiger charge is 2.79. The van der Waals surface area contributed by atoms with Gasteiger partial charge in [-0.25, -0.2) is 0 Å². The lowest BCUT2D eigenvalue weighted by Gasteiger charge is -2.32. The Hall–Kier alpha value is -1.33. The predicted molar refractivity (Wildman–Crippen MR) is 52.0 cm³/mol. The topological polar surface area (TPSA) is 35.8 Å². The number of hydrogen-bond acceptors (Lipinski definition) is 2. The van der Waals surface area contributed by atoms with Crippen molar-refractivity contribution in [2.45, 2.75) is 17.3 Å². The highest BCUT2D eigenvalue weighted by atomic mass is 15.1. The SMILES string of the molecule is N#Cc1ccc2c(c1)C13CNCC21C3. The van der Waals surface area contributed by atoms with Gasteiger partial charge in [-0.2, -0.15) is 5.26 Å². The van der Waals surface area contributed by atoms with Crippen molar-refractivity contribution in [2.75, 3.05) is 13.1 Å². The summed E-state index contributed by atoms with van der Waals surface area (Å²) in [5.41, 5.74) is 4.68. The molecule has 0 amide bonds. The van der Waals surface area contributed by atoms with Gasteiger partial charge in [0.15, 0.2) is 0 Å². The number of hydrogen-bond donors (Lipinski definition) is 1. The highest BCUT2D eigenvalue weighted by Crippen LogP contribution is 2.76. The van der Waals surface area contributed by atoms with Gasteiger partial charge in [-0.05, 0) is 29.7 Å². The minimum Gasteiger partial charge on any atom is -0.315 e. The summed E-state index contributed by atoms with van der Waals surface area (Å²) in [6.07, 6.45) is 1.32. The molecule has 0 radical (unpaired) electrons. The molecule has 4 rings (SSSR count). The molecule has 2 unspecified atom stereocenters. The summed E-state index contributed by atoms with van der Waals surface area (Å²) in [5, 5.41) is 12.3. The molecule has 1 heterocycles. The maximum atomic E-state index is 8.85. The summed E-state index contributed by atoms with van der Waals surface area (Å²) in [4.78, 5) is 0. The lowest BCUT2D eigenvalue weighted by Crippen LogP contribution is -2.33. The van der Waals surface area contributed by atoms with E-state index in [-0.39, 0.29) is 0 Å². The molecule has 2 atom stereocenters. The molecule has 1 saturated heterocycles. The van der Waals surface area contributed by atoms with E-state index in [4.69, 9.17) is 5.26 Å². The van der Waals surface area contributed by atoms with Crippen molar-refractivity contribution < 1.29 is 0 Å². The zero-order valence-corrected chi connectivity index (χ0v) is 7.80. The van der Waals surface area contributed by atoms with Crippen LogP contribution in [0.2, 0.25) is 0 Å². The molecule has 1 aromatic rings. The van der Waals surface area contributed by atoms with Crippen LogP contribution in [0.4, 0.5) is 0 Å². The van der Waals surface area contributed by atoms with Gasteiger partial charge in [0.2, 0.25) is 0 Å². The van der Waals surface area contributed by atoms with Crippen LogP contribution in [-0.2, 0) is 10.8 Å². The molecule has 68 valence electrons. The molecular weight excluding hydrogens is 172 g/mol. The third-order valence-electron chi connectivity index (χ3n) is 4.43. The summed E-state index contributed by atoms with van der Waals surface area (Å²) < 4.78 is 0. The Bertz CT molecular complexity index is 500. The second-order valence-corrected chi connectivity index (χ2v) is 4.82. The van der Waals surface area contributed by atoms with Gasteiger partial charge in [-0.3, -0.25) is 0 Å². The molecule has 1 aliphatic heterocycles. The standard InChI is InChI=1S/C12H10N2/c13-4-8-1-2-9-10(3-8)12-5-11(9,12)6-14-7-12/h1-3,14H,5-7H2. The van der Waals surface area contributed by atoms with Crippen LogP contribution in [0.5, 0.6) is 0 Å². The fraction of sp³-hybridized carbons (Fsp3) is 0.417. The third-order valence-corrected chi connectivity index (χ3v) is 4.43. The quantitative estimate of drug-likeness (QED) is 0.651. The van der Waals surface area contributed by atoms with Gasteiger partial charge in [0, 0.05) is 23.9 Å². The summed E-state index contributed by atoms with van der Waals surface area (Å²) in [6, 6.07) is 8.42. The van der Waals surface area contributed by atoms with E-state index in [0.29, 0.717) is 10.8 Å². The van der Waals surface area contributed by atoms with Crippen LogP contribution in [0, 0.1) is 11.3 Å². The average molecular weight is 182 g/mol. The normalized spacial score (nSPS) is 40.2. The first-order valence-corrected chi connectivity index (χ1v) is 5.08. The molecule has 1 aromatic carbocycles. The van der Waals surface area contributed by atoms with E-state index < -0.39 is 0 Å². The molecule has 0 aromatic heterocycles. The van der Waals surface area contributed by atoms with Crippen LogP contribution in [0.15, 0.2) is 18.2 Å². The number of nitrogens with one attached hydrogen (secondary N) is 1. The number of piperidine rings is 1. The lowest BCUT2D eigenvalue weighted by molar-refractivity contribution is 0.576. The lowest BCUT2D eigenvalue weighted by atomic mass is 9.69. The maximum absolute atomic E-state index is 8.85. The van der Waals surface area contributed by atoms with Crippen molar-refractivity contribution in [1.29, 1.82) is 5.26 Å². The van der Waals surface area contributed by atoms with E-state index in [1.54, 1.807) is 0 Å². The van der Waals surface area contributed by atoms with Crippen LogP contribution in [0.3, 0.4) is 0 Å². The van der Waals surface area contributed by atoms with Crippen molar-refractivity contribution in [3.05, 3.63) is 34.9 Å². The van der Waals surface area contributed by atoms with Gasteiger partial charge in [-0.1, -0.05) is 6.07 Å². The molecule has 3 aliphatic rings. The van der Waals surface area contributed by atoms with Crippen molar-refractivity contribution in [2.24, 2.45) is 0 Å². The van der Waals surface area contributed by atoms with Crippen LogP contribution in [-0.4, -0.2) is 13.1 Å². The Morgan fingerprint density at radius 3 is 2.79 bits per heavy atom. The van der Waals surface area contributed by atoms with Crippen molar-refractivity contribution in [3.63, 3.8) is 0 Å². The number of benzene rings is 1. The van der Waals surface area contributed by atoms with Gasteiger partial charge in [0.1, 0.15) is 0 Å². The van der Waals surface area contributed by atoms with Crippen LogP contribution in [0.25, 0.3) is 0 Å². The zero-order chi connectivity index (χ0) is 9.39. The van der Waals surface area contributed by atoms with Crippen LogP contribution < -0.4 is 5.32 Å². The summed E-state index contributed by atoms with van der Waals surface area (Å²) >= 11 is 0. The summed E-state index contributed by atoms with van der Waals surface area (Å²) in [6.45, 7) is 2.26. The second kappa shape index (κ2) is 1.74. The largest absolute Gasteiger partial charge is 0.315 e. The van der Waals surface area contributed by atoms with Crippen LogP contribution >= 0.6 is 0 Å². The predicted octanol–water partition coefficient (Wildman–Crippen LogP) is 1.05. The number of fused-ring (bicyclic) bond motifs is 1. The molecule has 1 N–H and O–H groups in total. The summed E-state index contributed by atoms with van der Waals surface area (Å²) in [5.74, 6) is 0. The van der Waals surface area contributed by atoms with E-state index in [9.17, 15) is 0 Å². The second-order valence-electron chi connectivity index (χ2n) is 4.82. The van der Waals surface area contributed by atoms with Gasteiger partial charge in [0.05, 0.1) is 11.6 Å².